The van der Waals surface area contributed by atoms with Gasteiger partial charge in [-0.1, -0.05) is 12.1 Å². The summed E-state index contributed by atoms with van der Waals surface area (Å²) in [6, 6.07) is 8.40. The number of aliphatic imine (C=N–C) groups is 1. The molecule has 1 aromatic heterocycles. The molecule has 136 valence electrons. The Hall–Kier alpha value is -3.00. The molecule has 1 amide bonds. The van der Waals surface area contributed by atoms with Crippen LogP contribution >= 0.6 is 11.8 Å². The van der Waals surface area contributed by atoms with Crippen molar-refractivity contribution in [2.24, 2.45) is 10.1 Å². The lowest BCUT2D eigenvalue weighted by Crippen LogP contribution is -2.35. The van der Waals surface area contributed by atoms with E-state index < -0.39 is 5.91 Å². The number of hydrazone groups is 1. The Morgan fingerprint density at radius 1 is 1.22 bits per heavy atom. The van der Waals surface area contributed by atoms with Gasteiger partial charge in [0.1, 0.15) is 5.82 Å². The minimum atomic E-state index is -0.473. The summed E-state index contributed by atoms with van der Waals surface area (Å²) in [4.78, 5) is 16.5. The second-order valence-corrected chi connectivity index (χ2v) is 7.41. The summed E-state index contributed by atoms with van der Waals surface area (Å²) in [6.45, 7) is 5.52. The van der Waals surface area contributed by atoms with Gasteiger partial charge in [-0.05, 0) is 62.4 Å². The first-order valence-electron chi connectivity index (χ1n) is 8.27. The van der Waals surface area contributed by atoms with Crippen LogP contribution in [-0.2, 0) is 4.79 Å². The van der Waals surface area contributed by atoms with E-state index in [1.807, 2.05) is 19.9 Å². The number of fused-ring (bicyclic) bond motifs is 1. The Morgan fingerprint density at radius 3 is 2.70 bits per heavy atom. The van der Waals surface area contributed by atoms with Crippen molar-refractivity contribution in [3.8, 4) is 5.69 Å². The molecule has 0 fully saturated rings. The van der Waals surface area contributed by atoms with Gasteiger partial charge in [-0.15, -0.1) is 0 Å². The number of nitrogens with one attached hydrogen (secondary N) is 1. The van der Waals surface area contributed by atoms with Crippen molar-refractivity contribution in [3.05, 3.63) is 58.7 Å². The predicted octanol–water partition coefficient (Wildman–Crippen LogP) is 3.87. The fraction of sp³-hybridized carbons (Fsp3) is 0.158. The summed E-state index contributed by atoms with van der Waals surface area (Å²) >= 11 is 1.27. The number of carbonyl (C=O) groups is 1. The van der Waals surface area contributed by atoms with E-state index >= 15 is 0 Å². The molecule has 2 aromatic rings. The number of hydrogen-bond acceptors (Lipinski definition) is 4. The van der Waals surface area contributed by atoms with Crippen LogP contribution in [-0.4, -0.2) is 31.5 Å². The summed E-state index contributed by atoms with van der Waals surface area (Å²) in [7, 11) is 0. The third-order valence-electron chi connectivity index (χ3n) is 4.42. The zero-order valence-electron chi connectivity index (χ0n) is 14.9. The number of aryl methyl sites for hydroxylation is 1. The molecule has 27 heavy (non-hydrogen) atoms. The van der Waals surface area contributed by atoms with E-state index in [1.165, 1.54) is 22.8 Å². The number of rotatable bonds is 2. The summed E-state index contributed by atoms with van der Waals surface area (Å²) in [6.07, 6.45) is 1.62. The maximum Gasteiger partial charge on any atom is 0.283 e. The smallest absolute Gasteiger partial charge is 0.283 e. The lowest BCUT2D eigenvalue weighted by Gasteiger charge is -2.20. The van der Waals surface area contributed by atoms with Crippen LogP contribution in [0.1, 0.15) is 23.9 Å². The van der Waals surface area contributed by atoms with Gasteiger partial charge in [0.15, 0.2) is 5.84 Å². The Balaban J connectivity index is 1.80. The molecule has 2 aliphatic heterocycles. The van der Waals surface area contributed by atoms with Crippen LogP contribution in [0.5, 0.6) is 0 Å². The molecule has 0 spiro atoms. The molecule has 0 saturated heterocycles. The highest BCUT2D eigenvalue weighted by atomic mass is 32.2. The summed E-state index contributed by atoms with van der Waals surface area (Å²) in [5, 5.41) is 15.1. The number of carbonyl (C=O) groups excluding carboxylic acids is 1. The Kier molecular flexibility index (Phi) is 4.07. The molecule has 1 aromatic carbocycles. The molecule has 0 saturated carbocycles. The second kappa shape index (κ2) is 6.31. The first kappa shape index (κ1) is 17.4. The number of thioether (sulfide) groups is 1. The van der Waals surface area contributed by atoms with Crippen LogP contribution in [0.15, 0.2) is 46.0 Å². The average molecular weight is 381 g/mol. The molecule has 1 N–H and O–H groups in total. The van der Waals surface area contributed by atoms with Crippen molar-refractivity contribution in [1.29, 1.82) is 5.41 Å². The average Bonchev–Trinajstić information content (AvgIpc) is 3.12. The van der Waals surface area contributed by atoms with E-state index in [9.17, 15) is 9.18 Å². The van der Waals surface area contributed by atoms with Gasteiger partial charge in [0.25, 0.3) is 5.91 Å². The molecular formula is C19H16FN5OS. The van der Waals surface area contributed by atoms with Crippen molar-refractivity contribution in [2.75, 3.05) is 0 Å². The highest BCUT2D eigenvalue weighted by Crippen LogP contribution is 2.29. The van der Waals surface area contributed by atoms with E-state index in [0.29, 0.717) is 10.9 Å². The molecule has 2 aliphatic rings. The molecule has 0 aliphatic carbocycles. The van der Waals surface area contributed by atoms with Crippen LogP contribution in [0, 0.1) is 25.1 Å². The predicted molar refractivity (Wildman–Crippen MR) is 106 cm³/mol. The van der Waals surface area contributed by atoms with Gasteiger partial charge in [0.2, 0.25) is 5.17 Å². The standard InChI is InChI=1S/C19H16FN5OS/c1-10-8-13(11(2)24(10)16-7-5-4-6-15(16)20)9-14-17(21)25-19(22-18(14)26)27-12(3)23-25/h4-9,21H,1-3H3. The van der Waals surface area contributed by atoms with Crippen molar-refractivity contribution < 1.29 is 9.18 Å². The maximum absolute atomic E-state index is 14.2. The molecule has 0 atom stereocenters. The zero-order chi connectivity index (χ0) is 19.3. The van der Waals surface area contributed by atoms with Crippen molar-refractivity contribution in [1.82, 2.24) is 9.58 Å². The van der Waals surface area contributed by atoms with Crippen molar-refractivity contribution in [2.45, 2.75) is 20.8 Å². The van der Waals surface area contributed by atoms with Crippen LogP contribution in [0.25, 0.3) is 11.8 Å². The van der Waals surface area contributed by atoms with Crippen LogP contribution < -0.4 is 0 Å². The third kappa shape index (κ3) is 2.82. The lowest BCUT2D eigenvalue weighted by molar-refractivity contribution is -0.114. The minimum absolute atomic E-state index is 0.00922. The van der Waals surface area contributed by atoms with E-state index in [-0.39, 0.29) is 17.2 Å². The first-order chi connectivity index (χ1) is 12.9. The van der Waals surface area contributed by atoms with Gasteiger partial charge < -0.3 is 4.57 Å². The van der Waals surface area contributed by atoms with E-state index in [1.54, 1.807) is 35.8 Å². The summed E-state index contributed by atoms with van der Waals surface area (Å²) in [5.41, 5.74) is 2.94. The fourth-order valence-electron chi connectivity index (χ4n) is 3.18. The fourth-order valence-corrected chi connectivity index (χ4v) is 3.91. The number of hydrogen-bond donors (Lipinski definition) is 1. The van der Waals surface area contributed by atoms with Crippen LogP contribution in [0.2, 0.25) is 0 Å². The number of amides is 1. The number of aromatic nitrogens is 1. The number of nitrogens with zero attached hydrogens (tertiary/aromatic N) is 4. The SMILES string of the molecule is CC1=NN2C(=N)C(=Cc3cc(C)n(-c4ccccc4F)c3C)C(=O)N=C2S1. The van der Waals surface area contributed by atoms with Gasteiger partial charge in [-0.2, -0.15) is 15.1 Å². The van der Waals surface area contributed by atoms with Crippen molar-refractivity contribution >= 4 is 39.8 Å². The number of benzene rings is 1. The molecule has 0 radical (unpaired) electrons. The normalized spacial score (nSPS) is 18.1. The van der Waals surface area contributed by atoms with Gasteiger partial charge >= 0.3 is 0 Å². The lowest BCUT2D eigenvalue weighted by atomic mass is 10.1. The van der Waals surface area contributed by atoms with Crippen molar-refractivity contribution in [3.63, 3.8) is 0 Å². The van der Waals surface area contributed by atoms with Gasteiger partial charge in [-0.25, -0.2) is 4.39 Å². The second-order valence-electron chi connectivity index (χ2n) is 6.25. The van der Waals surface area contributed by atoms with E-state index in [2.05, 4.69) is 10.1 Å². The Morgan fingerprint density at radius 2 is 1.96 bits per heavy atom. The molecule has 8 heteroatoms. The van der Waals surface area contributed by atoms with Gasteiger partial charge in [-0.3, -0.25) is 10.2 Å². The molecule has 0 unspecified atom stereocenters. The van der Waals surface area contributed by atoms with Gasteiger partial charge in [0.05, 0.1) is 16.3 Å². The monoisotopic (exact) mass is 381 g/mol. The zero-order valence-corrected chi connectivity index (χ0v) is 15.8. The molecule has 4 rings (SSSR count). The number of amidine groups is 2. The molecule has 6 nitrogen and oxygen atoms in total. The number of halogens is 1. The highest BCUT2D eigenvalue weighted by Gasteiger charge is 2.34. The largest absolute Gasteiger partial charge is 0.315 e. The number of para-hydroxylation sites is 1. The molecule has 0 bridgehead atoms. The van der Waals surface area contributed by atoms with Gasteiger partial charge in [0, 0.05) is 11.4 Å². The summed E-state index contributed by atoms with van der Waals surface area (Å²) in [5.74, 6) is -0.808. The molecular weight excluding hydrogens is 365 g/mol. The van der Waals surface area contributed by atoms with E-state index in [0.717, 1.165) is 22.0 Å². The topological polar surface area (TPSA) is 73.8 Å². The molecule has 3 heterocycles. The third-order valence-corrected chi connectivity index (χ3v) is 5.24. The summed E-state index contributed by atoms with van der Waals surface area (Å²) < 4.78 is 16.0. The van der Waals surface area contributed by atoms with E-state index in [4.69, 9.17) is 5.41 Å². The highest BCUT2D eigenvalue weighted by molar-refractivity contribution is 8.26. The Labute approximate surface area is 159 Å². The Bertz CT molecular complexity index is 1100. The maximum atomic E-state index is 14.2. The van der Waals surface area contributed by atoms with Crippen LogP contribution in [0.4, 0.5) is 4.39 Å². The quantitative estimate of drug-likeness (QED) is 0.803. The first-order valence-corrected chi connectivity index (χ1v) is 9.09. The van der Waals surface area contributed by atoms with Crippen LogP contribution in [0.3, 0.4) is 0 Å². The minimum Gasteiger partial charge on any atom is -0.315 e.